The molecular weight excluding hydrogens is 316 g/mol. The average molecular weight is 340 g/mol. The summed E-state index contributed by atoms with van der Waals surface area (Å²) in [4.78, 5) is 18.3. The molecule has 1 saturated heterocycles. The molecule has 1 fully saturated rings. The molecule has 1 atom stereocenters. The summed E-state index contributed by atoms with van der Waals surface area (Å²) in [6.45, 7) is 2.78. The number of amides is 2. The van der Waals surface area contributed by atoms with E-state index in [1.54, 1.807) is 0 Å². The molecule has 0 spiro atoms. The number of hydrogen-bond acceptors (Lipinski definition) is 4. The monoisotopic (exact) mass is 340 g/mol. The van der Waals surface area contributed by atoms with Gasteiger partial charge in [0.25, 0.3) is 0 Å². The third kappa shape index (κ3) is 4.20. The van der Waals surface area contributed by atoms with Crippen molar-refractivity contribution in [3.05, 3.63) is 18.3 Å². The van der Waals surface area contributed by atoms with Crippen molar-refractivity contribution in [3.63, 3.8) is 0 Å². The molecule has 7 nitrogen and oxygen atoms in total. The van der Waals surface area contributed by atoms with Gasteiger partial charge in [0.2, 0.25) is 10.0 Å². The Labute approximate surface area is 137 Å². The lowest BCUT2D eigenvalue weighted by Crippen LogP contribution is -2.41. The molecule has 1 N–H and O–H groups in total. The fourth-order valence-electron chi connectivity index (χ4n) is 2.58. The highest BCUT2D eigenvalue weighted by atomic mass is 32.2. The lowest BCUT2D eigenvalue weighted by molar-refractivity contribution is 0.194. The zero-order valence-corrected chi connectivity index (χ0v) is 14.6. The molecule has 0 saturated carbocycles. The van der Waals surface area contributed by atoms with Gasteiger partial charge in [-0.2, -0.15) is 0 Å². The molecular formula is C15H24N4O3S. The number of urea groups is 1. The Hall–Kier alpha value is -1.67. The second-order valence-electron chi connectivity index (χ2n) is 5.99. The zero-order valence-electron chi connectivity index (χ0n) is 13.8. The number of carbonyl (C=O) groups is 1. The Bertz CT molecular complexity index is 643. The smallest absolute Gasteiger partial charge is 0.322 e. The van der Waals surface area contributed by atoms with Gasteiger partial charge in [-0.05, 0) is 31.9 Å². The molecule has 23 heavy (non-hydrogen) atoms. The van der Waals surface area contributed by atoms with Gasteiger partial charge in [-0.3, -0.25) is 5.32 Å². The van der Waals surface area contributed by atoms with Crippen LogP contribution in [0.5, 0.6) is 0 Å². The minimum atomic E-state index is -3.51. The number of rotatable bonds is 3. The molecule has 0 aromatic carbocycles. The largest absolute Gasteiger partial charge is 0.323 e. The number of pyridine rings is 1. The van der Waals surface area contributed by atoms with Crippen LogP contribution >= 0.6 is 0 Å². The van der Waals surface area contributed by atoms with Crippen LogP contribution in [0.15, 0.2) is 23.2 Å². The maximum Gasteiger partial charge on any atom is 0.323 e. The van der Waals surface area contributed by atoms with Crippen LogP contribution in [0.2, 0.25) is 0 Å². The fourth-order valence-corrected chi connectivity index (χ4v) is 3.42. The van der Waals surface area contributed by atoms with E-state index in [-0.39, 0.29) is 17.0 Å². The average Bonchev–Trinajstić information content (AvgIpc) is 2.72. The number of nitrogens with one attached hydrogen (secondary N) is 1. The Morgan fingerprint density at radius 1 is 1.30 bits per heavy atom. The van der Waals surface area contributed by atoms with Crippen molar-refractivity contribution < 1.29 is 13.2 Å². The van der Waals surface area contributed by atoms with E-state index in [1.165, 1.54) is 32.4 Å². The molecule has 1 aromatic rings. The molecule has 1 aliphatic rings. The van der Waals surface area contributed by atoms with Gasteiger partial charge >= 0.3 is 6.03 Å². The van der Waals surface area contributed by atoms with Crippen molar-refractivity contribution in [1.29, 1.82) is 0 Å². The summed E-state index contributed by atoms with van der Waals surface area (Å²) in [7, 11) is -0.580. The molecule has 128 valence electrons. The maximum absolute atomic E-state index is 12.4. The first kappa shape index (κ1) is 17.7. The predicted molar refractivity (Wildman–Crippen MR) is 88.8 cm³/mol. The first-order valence-corrected chi connectivity index (χ1v) is 9.22. The number of nitrogens with zero attached hydrogens (tertiary/aromatic N) is 3. The van der Waals surface area contributed by atoms with Gasteiger partial charge in [-0.1, -0.05) is 12.8 Å². The molecule has 1 unspecified atom stereocenters. The van der Waals surface area contributed by atoms with E-state index in [0.717, 1.165) is 36.5 Å². The van der Waals surface area contributed by atoms with E-state index in [9.17, 15) is 13.2 Å². The normalized spacial score (nSPS) is 19.5. The van der Waals surface area contributed by atoms with Crippen molar-refractivity contribution in [1.82, 2.24) is 14.2 Å². The summed E-state index contributed by atoms with van der Waals surface area (Å²) in [5, 5.41) is 2.75. The van der Waals surface area contributed by atoms with Gasteiger partial charge in [0.15, 0.2) is 0 Å². The molecule has 1 aliphatic heterocycles. The topological polar surface area (TPSA) is 82.6 Å². The van der Waals surface area contributed by atoms with E-state index in [2.05, 4.69) is 10.3 Å². The van der Waals surface area contributed by atoms with Crippen molar-refractivity contribution in [2.24, 2.45) is 0 Å². The molecule has 0 bridgehead atoms. The standard InChI is InChI=1S/C15H24N4O3S/c1-12-7-5-4-6-10-19(12)15(20)17-14-9-8-13(11-16-14)23(21,22)18(2)3/h8-9,11-12H,4-7,10H2,1-3H3,(H,16,17,20). The number of likely N-dealkylation sites (tertiary alicyclic amines) is 1. The van der Waals surface area contributed by atoms with Crippen LogP contribution < -0.4 is 5.32 Å². The fraction of sp³-hybridized carbons (Fsp3) is 0.600. The Morgan fingerprint density at radius 3 is 2.65 bits per heavy atom. The van der Waals surface area contributed by atoms with E-state index < -0.39 is 10.0 Å². The summed E-state index contributed by atoms with van der Waals surface area (Å²) in [6, 6.07) is 2.97. The second kappa shape index (κ2) is 7.27. The van der Waals surface area contributed by atoms with Gasteiger partial charge in [0.05, 0.1) is 0 Å². The van der Waals surface area contributed by atoms with Crippen LogP contribution in [-0.2, 0) is 10.0 Å². The quantitative estimate of drug-likeness (QED) is 0.914. The van der Waals surface area contributed by atoms with Crippen molar-refractivity contribution in [2.45, 2.75) is 43.5 Å². The molecule has 0 radical (unpaired) electrons. The summed E-state index contributed by atoms with van der Waals surface area (Å²) in [5.74, 6) is 0.351. The Kier molecular flexibility index (Phi) is 5.59. The summed E-state index contributed by atoms with van der Waals surface area (Å²) in [6.07, 6.45) is 5.55. The van der Waals surface area contributed by atoms with Crippen LogP contribution in [0.1, 0.15) is 32.6 Å². The lowest BCUT2D eigenvalue weighted by Gasteiger charge is -2.27. The summed E-state index contributed by atoms with van der Waals surface area (Å²) >= 11 is 0. The SMILES string of the molecule is CC1CCCCCN1C(=O)Nc1ccc(S(=O)(=O)N(C)C)cn1. The Balaban J connectivity index is 2.07. The molecule has 2 heterocycles. The van der Waals surface area contributed by atoms with E-state index in [0.29, 0.717) is 5.82 Å². The molecule has 1 aromatic heterocycles. The zero-order chi connectivity index (χ0) is 17.0. The first-order valence-electron chi connectivity index (χ1n) is 7.78. The van der Waals surface area contributed by atoms with Crippen molar-refractivity contribution in [2.75, 3.05) is 26.0 Å². The minimum Gasteiger partial charge on any atom is -0.322 e. The number of sulfonamides is 1. The van der Waals surface area contributed by atoms with Gasteiger partial charge in [0.1, 0.15) is 10.7 Å². The van der Waals surface area contributed by atoms with E-state index in [1.807, 2.05) is 11.8 Å². The number of hydrogen-bond donors (Lipinski definition) is 1. The predicted octanol–water partition coefficient (Wildman–Crippen LogP) is 2.13. The van der Waals surface area contributed by atoms with E-state index in [4.69, 9.17) is 0 Å². The molecule has 8 heteroatoms. The van der Waals surface area contributed by atoms with Crippen LogP contribution in [0, 0.1) is 0 Å². The summed E-state index contributed by atoms with van der Waals surface area (Å²) in [5.41, 5.74) is 0. The highest BCUT2D eigenvalue weighted by Crippen LogP contribution is 2.18. The van der Waals surface area contributed by atoms with Crippen LogP contribution in [-0.4, -0.2) is 55.3 Å². The highest BCUT2D eigenvalue weighted by Gasteiger charge is 2.22. The van der Waals surface area contributed by atoms with Gasteiger partial charge in [0, 0.05) is 32.9 Å². The van der Waals surface area contributed by atoms with Crippen LogP contribution in [0.3, 0.4) is 0 Å². The third-order valence-corrected chi connectivity index (χ3v) is 5.86. The van der Waals surface area contributed by atoms with Crippen molar-refractivity contribution in [3.8, 4) is 0 Å². The molecule has 0 aliphatic carbocycles. The minimum absolute atomic E-state index is 0.101. The number of carbonyl (C=O) groups excluding carboxylic acids is 1. The first-order chi connectivity index (χ1) is 10.8. The van der Waals surface area contributed by atoms with Crippen LogP contribution in [0.25, 0.3) is 0 Å². The second-order valence-corrected chi connectivity index (χ2v) is 8.14. The molecule has 2 amide bonds. The third-order valence-electron chi connectivity index (χ3n) is 4.06. The maximum atomic E-state index is 12.4. The van der Waals surface area contributed by atoms with Gasteiger partial charge in [-0.25, -0.2) is 22.5 Å². The van der Waals surface area contributed by atoms with Gasteiger partial charge in [-0.15, -0.1) is 0 Å². The number of aromatic nitrogens is 1. The van der Waals surface area contributed by atoms with Gasteiger partial charge < -0.3 is 4.90 Å². The van der Waals surface area contributed by atoms with E-state index >= 15 is 0 Å². The highest BCUT2D eigenvalue weighted by molar-refractivity contribution is 7.89. The van der Waals surface area contributed by atoms with Crippen molar-refractivity contribution >= 4 is 21.9 Å². The van der Waals surface area contributed by atoms with Crippen LogP contribution in [0.4, 0.5) is 10.6 Å². The Morgan fingerprint density at radius 2 is 2.04 bits per heavy atom. The lowest BCUT2D eigenvalue weighted by atomic mass is 10.1. The number of anilines is 1. The summed E-state index contributed by atoms with van der Waals surface area (Å²) < 4.78 is 25.1. The molecule has 2 rings (SSSR count).